The molecule has 0 aliphatic carbocycles. The first-order valence-corrected chi connectivity index (χ1v) is 10.4. The third kappa shape index (κ3) is 3.78. The van der Waals surface area contributed by atoms with E-state index in [2.05, 4.69) is 15.3 Å². The molecule has 158 valence electrons. The van der Waals surface area contributed by atoms with E-state index in [-0.39, 0.29) is 10.6 Å². The summed E-state index contributed by atoms with van der Waals surface area (Å²) in [6.07, 6.45) is 2.86. The van der Waals surface area contributed by atoms with E-state index < -0.39 is 16.0 Å². The molecule has 0 N–H and O–H groups in total. The van der Waals surface area contributed by atoms with Gasteiger partial charge in [0.25, 0.3) is 10.0 Å². The summed E-state index contributed by atoms with van der Waals surface area (Å²) in [5, 5.41) is 12.2. The number of aromatic nitrogens is 5. The standard InChI is InChI=1S/C20H17N5O5S/c1-29-19-9-8-18(21-22-19)25-17(12-16(23-25)20(26)30-2)14-10-11-24(13-14)31(27,28)15-6-4-3-5-7-15/h3-13H,1-2H3. The Bertz CT molecular complexity index is 1330. The molecule has 0 amide bonds. The van der Waals surface area contributed by atoms with E-state index >= 15 is 0 Å². The van der Waals surface area contributed by atoms with Crippen molar-refractivity contribution in [2.24, 2.45) is 0 Å². The fourth-order valence-corrected chi connectivity index (χ4v) is 4.11. The summed E-state index contributed by atoms with van der Waals surface area (Å²) < 4.78 is 38.0. The number of hydrogen-bond donors (Lipinski definition) is 0. The lowest BCUT2D eigenvalue weighted by molar-refractivity contribution is 0.0593. The fourth-order valence-electron chi connectivity index (χ4n) is 2.89. The van der Waals surface area contributed by atoms with Crippen molar-refractivity contribution in [2.75, 3.05) is 14.2 Å². The number of methoxy groups -OCH3 is 2. The van der Waals surface area contributed by atoms with Gasteiger partial charge in [-0.05, 0) is 30.3 Å². The summed E-state index contributed by atoms with van der Waals surface area (Å²) >= 11 is 0. The second-order valence-corrected chi connectivity index (χ2v) is 8.14. The van der Waals surface area contributed by atoms with Crippen LogP contribution < -0.4 is 4.74 Å². The minimum absolute atomic E-state index is 0.0359. The zero-order chi connectivity index (χ0) is 22.0. The lowest BCUT2D eigenvalue weighted by Gasteiger charge is -2.06. The predicted molar refractivity (Wildman–Crippen MR) is 109 cm³/mol. The number of rotatable bonds is 6. The second-order valence-electron chi connectivity index (χ2n) is 6.30. The molecule has 0 fully saturated rings. The van der Waals surface area contributed by atoms with Crippen molar-refractivity contribution >= 4 is 16.0 Å². The summed E-state index contributed by atoms with van der Waals surface area (Å²) in [7, 11) is -1.06. The van der Waals surface area contributed by atoms with Crippen molar-refractivity contribution in [3.05, 3.63) is 72.7 Å². The number of ether oxygens (including phenoxy) is 2. The first-order chi connectivity index (χ1) is 14.9. The topological polar surface area (TPSA) is 118 Å². The molecule has 4 aromatic rings. The summed E-state index contributed by atoms with van der Waals surface area (Å²) in [5.74, 6) is -0.0202. The molecule has 0 bridgehead atoms. The number of esters is 1. The van der Waals surface area contributed by atoms with E-state index in [1.54, 1.807) is 36.4 Å². The first-order valence-electron chi connectivity index (χ1n) is 8.99. The average Bonchev–Trinajstić information content (AvgIpc) is 3.47. The zero-order valence-corrected chi connectivity index (χ0v) is 17.4. The Morgan fingerprint density at radius 3 is 2.42 bits per heavy atom. The number of benzene rings is 1. The van der Waals surface area contributed by atoms with E-state index in [0.29, 0.717) is 23.0 Å². The van der Waals surface area contributed by atoms with E-state index in [1.807, 2.05) is 0 Å². The van der Waals surface area contributed by atoms with Crippen molar-refractivity contribution in [1.29, 1.82) is 0 Å². The smallest absolute Gasteiger partial charge is 0.358 e. The maximum absolute atomic E-state index is 12.9. The normalized spacial score (nSPS) is 11.3. The lowest BCUT2D eigenvalue weighted by atomic mass is 10.2. The Hall–Kier alpha value is -3.99. The monoisotopic (exact) mass is 439 g/mol. The molecule has 3 aromatic heterocycles. The molecule has 10 nitrogen and oxygen atoms in total. The van der Waals surface area contributed by atoms with Crippen molar-refractivity contribution in [1.82, 2.24) is 24.0 Å². The lowest BCUT2D eigenvalue weighted by Crippen LogP contribution is -2.10. The third-order valence-corrected chi connectivity index (χ3v) is 6.09. The van der Waals surface area contributed by atoms with Gasteiger partial charge in [0.1, 0.15) is 0 Å². The summed E-state index contributed by atoms with van der Waals surface area (Å²) in [6, 6.07) is 14.4. The molecule has 11 heteroatoms. The van der Waals surface area contributed by atoms with Crippen LogP contribution in [0.25, 0.3) is 17.1 Å². The highest BCUT2D eigenvalue weighted by Crippen LogP contribution is 2.26. The van der Waals surface area contributed by atoms with Gasteiger partial charge in [-0.1, -0.05) is 18.2 Å². The van der Waals surface area contributed by atoms with Crippen molar-refractivity contribution in [2.45, 2.75) is 4.90 Å². The maximum Gasteiger partial charge on any atom is 0.358 e. The molecule has 0 unspecified atom stereocenters. The number of carbonyl (C=O) groups excluding carboxylic acids is 1. The Morgan fingerprint density at radius 2 is 1.77 bits per heavy atom. The van der Waals surface area contributed by atoms with Crippen LogP contribution in [0.5, 0.6) is 5.88 Å². The molecule has 3 heterocycles. The Morgan fingerprint density at radius 1 is 1.00 bits per heavy atom. The van der Waals surface area contributed by atoms with Gasteiger partial charge in [-0.25, -0.2) is 21.9 Å². The highest BCUT2D eigenvalue weighted by atomic mass is 32.2. The summed E-state index contributed by atoms with van der Waals surface area (Å²) in [6.45, 7) is 0. The van der Waals surface area contributed by atoms with Crippen molar-refractivity contribution in [3.63, 3.8) is 0 Å². The molecule has 0 radical (unpaired) electrons. The van der Waals surface area contributed by atoms with Crippen LogP contribution in [0.15, 0.2) is 71.9 Å². The minimum atomic E-state index is -3.78. The zero-order valence-electron chi connectivity index (χ0n) is 16.5. The minimum Gasteiger partial charge on any atom is -0.480 e. The van der Waals surface area contributed by atoms with Crippen LogP contribution >= 0.6 is 0 Å². The maximum atomic E-state index is 12.9. The van der Waals surface area contributed by atoms with Gasteiger partial charge in [0, 0.05) is 24.0 Å². The average molecular weight is 439 g/mol. The largest absolute Gasteiger partial charge is 0.480 e. The molecular weight excluding hydrogens is 422 g/mol. The highest BCUT2D eigenvalue weighted by Gasteiger charge is 2.21. The Labute approximate surface area is 177 Å². The molecule has 0 aliphatic heterocycles. The number of nitrogens with zero attached hydrogens (tertiary/aromatic N) is 5. The highest BCUT2D eigenvalue weighted by molar-refractivity contribution is 7.90. The van der Waals surface area contributed by atoms with Gasteiger partial charge in [0.2, 0.25) is 5.88 Å². The van der Waals surface area contributed by atoms with Crippen molar-refractivity contribution < 1.29 is 22.7 Å². The molecular formula is C20H17N5O5S. The quantitative estimate of drug-likeness (QED) is 0.420. The van der Waals surface area contributed by atoms with Gasteiger partial charge in [-0.15, -0.1) is 10.2 Å². The molecule has 31 heavy (non-hydrogen) atoms. The third-order valence-electron chi connectivity index (χ3n) is 4.44. The van der Waals surface area contributed by atoms with Crippen LogP contribution in [0.1, 0.15) is 10.5 Å². The van der Waals surface area contributed by atoms with E-state index in [9.17, 15) is 13.2 Å². The fraction of sp³-hybridized carbons (Fsp3) is 0.100. The SMILES string of the molecule is COC(=O)c1cc(-c2ccn(S(=O)(=O)c3ccccc3)c2)n(-c2ccc(OC)nn2)n1. The molecule has 1 aromatic carbocycles. The van der Waals surface area contributed by atoms with Gasteiger partial charge in [0.05, 0.1) is 24.8 Å². The van der Waals surface area contributed by atoms with Crippen molar-refractivity contribution in [3.8, 4) is 23.0 Å². The van der Waals surface area contributed by atoms with Crippen LogP contribution in [0.2, 0.25) is 0 Å². The Kier molecular flexibility index (Phi) is 5.26. The number of hydrogen-bond acceptors (Lipinski definition) is 8. The van der Waals surface area contributed by atoms with Crippen LogP contribution in [0.4, 0.5) is 0 Å². The van der Waals surface area contributed by atoms with Crippen LogP contribution in [0.3, 0.4) is 0 Å². The van der Waals surface area contributed by atoms with E-state index in [1.165, 1.54) is 49.5 Å². The first kappa shape index (κ1) is 20.3. The van der Waals surface area contributed by atoms with E-state index in [4.69, 9.17) is 9.47 Å². The molecule has 0 aliphatic rings. The summed E-state index contributed by atoms with van der Waals surface area (Å²) in [5.41, 5.74) is 0.968. The van der Waals surface area contributed by atoms with Gasteiger partial charge >= 0.3 is 5.97 Å². The van der Waals surface area contributed by atoms with E-state index in [0.717, 1.165) is 3.97 Å². The molecule has 0 saturated carbocycles. The predicted octanol–water partition coefficient (Wildman–Crippen LogP) is 2.16. The van der Waals surface area contributed by atoms with Gasteiger partial charge in [-0.3, -0.25) is 0 Å². The molecule has 0 spiro atoms. The van der Waals surface area contributed by atoms with Gasteiger partial charge < -0.3 is 9.47 Å². The second kappa shape index (κ2) is 8.03. The van der Waals surface area contributed by atoms with Crippen LogP contribution in [-0.4, -0.2) is 52.6 Å². The van der Waals surface area contributed by atoms with Gasteiger partial charge in [-0.2, -0.15) is 5.10 Å². The number of carbonyl (C=O) groups is 1. The Balaban J connectivity index is 1.81. The van der Waals surface area contributed by atoms with Gasteiger partial charge in [0.15, 0.2) is 11.5 Å². The van der Waals surface area contributed by atoms with Crippen LogP contribution in [-0.2, 0) is 14.8 Å². The summed E-state index contributed by atoms with van der Waals surface area (Å²) in [4.78, 5) is 12.2. The molecule has 0 saturated heterocycles. The van der Waals surface area contributed by atoms with Crippen LogP contribution in [0, 0.1) is 0 Å². The molecule has 0 atom stereocenters. The molecule has 4 rings (SSSR count).